The van der Waals surface area contributed by atoms with Crippen molar-refractivity contribution in [2.45, 2.75) is 12.5 Å². The summed E-state index contributed by atoms with van der Waals surface area (Å²) in [5.74, 6) is -2.48. The molecule has 0 saturated carbocycles. The Morgan fingerprint density at radius 2 is 1.86 bits per heavy atom. The molecule has 1 N–H and O–H groups in total. The van der Waals surface area contributed by atoms with Crippen molar-refractivity contribution in [1.82, 2.24) is 0 Å². The monoisotopic (exact) mass is 202 g/mol. The highest BCUT2D eigenvalue weighted by atomic mass is 16.5. The summed E-state index contributed by atoms with van der Waals surface area (Å²) in [6.45, 7) is 3.41. The number of methoxy groups -OCH3 is 2. The number of hydrogen-bond acceptors (Lipinski definition) is 5. The van der Waals surface area contributed by atoms with Gasteiger partial charge in [-0.2, -0.15) is 0 Å². The molecular weight excluding hydrogens is 188 g/mol. The number of rotatable bonds is 5. The van der Waals surface area contributed by atoms with Crippen LogP contribution in [0.2, 0.25) is 0 Å². The Balaban J connectivity index is 4.54. The second kappa shape index (κ2) is 6.15. The number of aliphatic hydroxyl groups excluding tert-OH is 1. The van der Waals surface area contributed by atoms with E-state index in [0.717, 1.165) is 7.11 Å². The zero-order valence-electron chi connectivity index (χ0n) is 8.23. The molecule has 80 valence electrons. The van der Waals surface area contributed by atoms with Gasteiger partial charge in [-0.3, -0.25) is 4.79 Å². The molecule has 0 aliphatic heterocycles. The molecule has 14 heavy (non-hydrogen) atoms. The van der Waals surface area contributed by atoms with E-state index in [0.29, 0.717) is 0 Å². The summed E-state index contributed by atoms with van der Waals surface area (Å²) in [6, 6.07) is 0. The number of allylic oxidation sites excluding steroid dienone is 1. The predicted molar refractivity (Wildman–Crippen MR) is 48.3 cm³/mol. The normalized spacial score (nSPS) is 13.9. The first-order valence-corrected chi connectivity index (χ1v) is 4.03. The topological polar surface area (TPSA) is 72.8 Å². The third kappa shape index (κ3) is 3.18. The largest absolute Gasteiger partial charge is 0.469 e. The van der Waals surface area contributed by atoms with E-state index in [2.05, 4.69) is 16.1 Å². The van der Waals surface area contributed by atoms with Crippen LogP contribution in [-0.4, -0.2) is 37.4 Å². The summed E-state index contributed by atoms with van der Waals surface area (Å²) in [4.78, 5) is 22.1. The van der Waals surface area contributed by atoms with Crippen molar-refractivity contribution in [3.8, 4) is 0 Å². The fraction of sp³-hybridized carbons (Fsp3) is 0.556. The Bertz CT molecular complexity index is 223. The van der Waals surface area contributed by atoms with E-state index in [1.807, 2.05) is 0 Å². The van der Waals surface area contributed by atoms with Crippen LogP contribution in [0, 0.1) is 5.92 Å². The van der Waals surface area contributed by atoms with Crippen LogP contribution in [0.15, 0.2) is 12.7 Å². The number of aliphatic hydroxyl groups is 1. The number of esters is 2. The van der Waals surface area contributed by atoms with Gasteiger partial charge in [0.25, 0.3) is 0 Å². The van der Waals surface area contributed by atoms with E-state index in [-0.39, 0.29) is 6.42 Å². The molecule has 0 fully saturated rings. The maximum absolute atomic E-state index is 11.1. The average Bonchev–Trinajstić information content (AvgIpc) is 2.22. The zero-order chi connectivity index (χ0) is 11.1. The number of carbonyl (C=O) groups excluding carboxylic acids is 2. The molecule has 5 nitrogen and oxygen atoms in total. The number of hydrogen-bond donors (Lipinski definition) is 1. The number of carbonyl (C=O) groups is 2. The molecule has 0 rings (SSSR count). The Kier molecular flexibility index (Phi) is 5.55. The van der Waals surface area contributed by atoms with Gasteiger partial charge in [-0.05, 0) is 6.42 Å². The highest BCUT2D eigenvalue weighted by Gasteiger charge is 2.32. The minimum atomic E-state index is -1.51. The van der Waals surface area contributed by atoms with Crippen molar-refractivity contribution in [3.05, 3.63) is 12.7 Å². The quantitative estimate of drug-likeness (QED) is 0.497. The third-order valence-electron chi connectivity index (χ3n) is 1.75. The lowest BCUT2D eigenvalue weighted by Crippen LogP contribution is -2.36. The summed E-state index contributed by atoms with van der Waals surface area (Å²) in [7, 11) is 2.32. The summed E-state index contributed by atoms with van der Waals surface area (Å²) >= 11 is 0. The molecule has 0 unspecified atom stereocenters. The summed E-state index contributed by atoms with van der Waals surface area (Å²) in [5, 5.41) is 9.39. The molecule has 0 heterocycles. The van der Waals surface area contributed by atoms with Crippen molar-refractivity contribution < 1.29 is 24.2 Å². The Morgan fingerprint density at radius 3 is 2.21 bits per heavy atom. The Morgan fingerprint density at radius 1 is 1.36 bits per heavy atom. The van der Waals surface area contributed by atoms with Gasteiger partial charge in [-0.15, -0.1) is 6.58 Å². The minimum absolute atomic E-state index is 0.156. The van der Waals surface area contributed by atoms with Gasteiger partial charge < -0.3 is 14.6 Å². The number of ether oxygens (including phenoxy) is 2. The van der Waals surface area contributed by atoms with Gasteiger partial charge in [0.1, 0.15) is 0 Å². The lowest BCUT2D eigenvalue weighted by molar-refractivity contribution is -0.163. The molecule has 2 atom stereocenters. The molecule has 0 saturated heterocycles. The summed E-state index contributed by atoms with van der Waals surface area (Å²) in [5.41, 5.74) is 0. The highest BCUT2D eigenvalue weighted by molar-refractivity contribution is 5.83. The molecule has 0 aliphatic rings. The first kappa shape index (κ1) is 12.6. The van der Waals surface area contributed by atoms with Crippen LogP contribution in [0.5, 0.6) is 0 Å². The van der Waals surface area contributed by atoms with Gasteiger partial charge in [-0.1, -0.05) is 6.08 Å². The van der Waals surface area contributed by atoms with Crippen molar-refractivity contribution in [2.75, 3.05) is 14.2 Å². The Labute approximate surface area is 82.3 Å². The lowest BCUT2D eigenvalue weighted by atomic mass is 9.99. The van der Waals surface area contributed by atoms with E-state index in [1.165, 1.54) is 13.2 Å². The van der Waals surface area contributed by atoms with Crippen LogP contribution in [0.25, 0.3) is 0 Å². The van der Waals surface area contributed by atoms with Gasteiger partial charge in [-0.25, -0.2) is 4.79 Å². The standard InChI is InChI=1S/C9H14O5/c1-4-5-6(8(11)13-2)7(10)9(12)14-3/h4,6-7,10H,1,5H2,2-3H3/t6-,7+/m1/s1. The second-order valence-electron chi connectivity index (χ2n) is 2.62. The molecule has 5 heteroatoms. The lowest BCUT2D eigenvalue weighted by Gasteiger charge is -2.16. The van der Waals surface area contributed by atoms with Crippen LogP contribution in [0.1, 0.15) is 6.42 Å². The van der Waals surface area contributed by atoms with Gasteiger partial charge in [0.05, 0.1) is 20.1 Å². The van der Waals surface area contributed by atoms with Crippen LogP contribution in [0.4, 0.5) is 0 Å². The van der Waals surface area contributed by atoms with Crippen LogP contribution < -0.4 is 0 Å². The molecule has 0 bridgehead atoms. The third-order valence-corrected chi connectivity index (χ3v) is 1.75. The van der Waals surface area contributed by atoms with Gasteiger partial charge >= 0.3 is 11.9 Å². The first-order valence-electron chi connectivity index (χ1n) is 4.03. The predicted octanol–water partition coefficient (Wildman–Crippen LogP) is -0.114. The zero-order valence-corrected chi connectivity index (χ0v) is 8.23. The van der Waals surface area contributed by atoms with E-state index in [4.69, 9.17) is 0 Å². The molecule has 0 amide bonds. The molecule has 0 radical (unpaired) electrons. The van der Waals surface area contributed by atoms with Crippen molar-refractivity contribution in [1.29, 1.82) is 0 Å². The van der Waals surface area contributed by atoms with E-state index < -0.39 is 24.0 Å². The highest BCUT2D eigenvalue weighted by Crippen LogP contribution is 2.13. The SMILES string of the molecule is C=CC[C@@H](C(=O)OC)[C@H](O)C(=O)OC. The fourth-order valence-corrected chi connectivity index (χ4v) is 0.970. The van der Waals surface area contributed by atoms with Crippen molar-refractivity contribution in [2.24, 2.45) is 5.92 Å². The van der Waals surface area contributed by atoms with Gasteiger partial charge in [0.2, 0.25) is 0 Å². The summed E-state index contributed by atoms with van der Waals surface area (Å²) in [6.07, 6.45) is 0.0712. The molecular formula is C9H14O5. The fourth-order valence-electron chi connectivity index (χ4n) is 0.970. The maximum atomic E-state index is 11.1. The van der Waals surface area contributed by atoms with E-state index in [9.17, 15) is 14.7 Å². The van der Waals surface area contributed by atoms with Crippen molar-refractivity contribution >= 4 is 11.9 Å². The van der Waals surface area contributed by atoms with Crippen LogP contribution in [0.3, 0.4) is 0 Å². The summed E-state index contributed by atoms with van der Waals surface area (Å²) < 4.78 is 8.73. The molecule has 0 aromatic rings. The Hall–Kier alpha value is -1.36. The second-order valence-corrected chi connectivity index (χ2v) is 2.62. The average molecular weight is 202 g/mol. The maximum Gasteiger partial charge on any atom is 0.335 e. The van der Waals surface area contributed by atoms with Crippen LogP contribution in [-0.2, 0) is 19.1 Å². The molecule has 0 aromatic heterocycles. The first-order chi connectivity index (χ1) is 6.58. The molecule has 0 spiro atoms. The minimum Gasteiger partial charge on any atom is -0.469 e. The van der Waals surface area contributed by atoms with Gasteiger partial charge in [0, 0.05) is 0 Å². The van der Waals surface area contributed by atoms with Crippen molar-refractivity contribution in [3.63, 3.8) is 0 Å². The van der Waals surface area contributed by atoms with Crippen LogP contribution >= 0.6 is 0 Å². The van der Waals surface area contributed by atoms with E-state index in [1.54, 1.807) is 0 Å². The van der Waals surface area contributed by atoms with Gasteiger partial charge in [0.15, 0.2) is 6.10 Å². The smallest absolute Gasteiger partial charge is 0.335 e. The van der Waals surface area contributed by atoms with E-state index >= 15 is 0 Å². The molecule has 0 aromatic carbocycles. The molecule has 0 aliphatic carbocycles.